The van der Waals surface area contributed by atoms with Crippen LogP contribution in [0.2, 0.25) is 0 Å². The number of hydrogen-bond acceptors (Lipinski definition) is 3. The summed E-state index contributed by atoms with van der Waals surface area (Å²) in [5.74, 6) is 1.59. The fourth-order valence-electron chi connectivity index (χ4n) is 1.74. The van der Waals surface area contributed by atoms with Gasteiger partial charge in [-0.15, -0.1) is 0 Å². The summed E-state index contributed by atoms with van der Waals surface area (Å²) in [6, 6.07) is 6.50. The Labute approximate surface area is 116 Å². The second-order valence-corrected chi connectivity index (χ2v) is 4.72. The zero-order chi connectivity index (χ0) is 14.1. The van der Waals surface area contributed by atoms with Gasteiger partial charge in [-0.1, -0.05) is 32.1 Å². The van der Waals surface area contributed by atoms with E-state index in [1.54, 1.807) is 7.11 Å². The van der Waals surface area contributed by atoms with Crippen molar-refractivity contribution >= 4 is 6.08 Å². The molecule has 0 aliphatic carbocycles. The highest BCUT2D eigenvalue weighted by atomic mass is 16.5. The average molecular weight is 263 g/mol. The minimum atomic E-state index is 0.523. The fraction of sp³-hybridized carbons (Fsp3) is 0.500. The van der Waals surface area contributed by atoms with Crippen LogP contribution in [0.5, 0.6) is 11.5 Å². The smallest absolute Gasteiger partial charge is 0.161 e. The van der Waals surface area contributed by atoms with Gasteiger partial charge < -0.3 is 14.8 Å². The third-order valence-corrected chi connectivity index (χ3v) is 2.68. The minimum absolute atomic E-state index is 0.523. The van der Waals surface area contributed by atoms with E-state index >= 15 is 0 Å². The maximum atomic E-state index is 5.75. The molecule has 0 atom stereocenters. The fourth-order valence-corrected chi connectivity index (χ4v) is 1.74. The lowest BCUT2D eigenvalue weighted by atomic mass is 10.2. The van der Waals surface area contributed by atoms with Crippen molar-refractivity contribution < 1.29 is 9.47 Å². The minimum Gasteiger partial charge on any atom is -0.493 e. The molecule has 3 heteroatoms. The molecule has 0 saturated carbocycles. The van der Waals surface area contributed by atoms with Gasteiger partial charge in [0.1, 0.15) is 0 Å². The zero-order valence-corrected chi connectivity index (χ0v) is 12.4. The number of ether oxygens (including phenoxy) is 2. The van der Waals surface area contributed by atoms with Crippen molar-refractivity contribution in [2.45, 2.75) is 33.2 Å². The molecular formula is C16H25NO2. The predicted molar refractivity (Wildman–Crippen MR) is 81.0 cm³/mol. The van der Waals surface area contributed by atoms with E-state index in [0.29, 0.717) is 12.6 Å². The first-order chi connectivity index (χ1) is 9.17. The molecule has 1 aromatic carbocycles. The van der Waals surface area contributed by atoms with Crippen LogP contribution >= 0.6 is 0 Å². The van der Waals surface area contributed by atoms with Crippen LogP contribution in [-0.4, -0.2) is 26.3 Å². The summed E-state index contributed by atoms with van der Waals surface area (Å²) < 4.78 is 11.1. The molecule has 0 spiro atoms. The molecule has 0 aliphatic rings. The van der Waals surface area contributed by atoms with E-state index in [0.717, 1.165) is 30.0 Å². The molecule has 1 aromatic rings. The van der Waals surface area contributed by atoms with Crippen LogP contribution in [0.3, 0.4) is 0 Å². The number of rotatable bonds is 8. The summed E-state index contributed by atoms with van der Waals surface area (Å²) in [6.45, 7) is 7.95. The Hall–Kier alpha value is -1.48. The molecule has 3 nitrogen and oxygen atoms in total. The van der Waals surface area contributed by atoms with Crippen molar-refractivity contribution in [3.05, 3.63) is 29.8 Å². The van der Waals surface area contributed by atoms with E-state index in [-0.39, 0.29) is 0 Å². The largest absolute Gasteiger partial charge is 0.493 e. The van der Waals surface area contributed by atoms with E-state index < -0.39 is 0 Å². The first-order valence-electron chi connectivity index (χ1n) is 6.84. The maximum Gasteiger partial charge on any atom is 0.161 e. The van der Waals surface area contributed by atoms with Gasteiger partial charge in [0.25, 0.3) is 0 Å². The molecule has 19 heavy (non-hydrogen) atoms. The Bertz CT molecular complexity index is 400. The summed E-state index contributed by atoms with van der Waals surface area (Å²) in [6.07, 6.45) is 5.03. The standard InChI is InChI=1S/C16H25NO2/c1-5-7-14-8-9-15(16(12-14)18-4)19-11-6-10-17-13(2)3/h5,7-9,12-13,17H,6,10-11H2,1-4H3. The van der Waals surface area contributed by atoms with Crippen LogP contribution in [0.1, 0.15) is 32.8 Å². The number of hydrogen-bond donors (Lipinski definition) is 1. The van der Waals surface area contributed by atoms with Gasteiger partial charge in [-0.25, -0.2) is 0 Å². The highest BCUT2D eigenvalue weighted by Gasteiger charge is 2.04. The Morgan fingerprint density at radius 3 is 2.68 bits per heavy atom. The SMILES string of the molecule is CC=Cc1ccc(OCCCNC(C)C)c(OC)c1. The molecule has 1 rings (SSSR count). The molecule has 0 fully saturated rings. The third kappa shape index (κ3) is 5.79. The predicted octanol–water partition coefficient (Wildman–Crippen LogP) is 3.50. The highest BCUT2D eigenvalue weighted by Crippen LogP contribution is 2.28. The van der Waals surface area contributed by atoms with Crippen molar-refractivity contribution in [3.63, 3.8) is 0 Å². The Morgan fingerprint density at radius 1 is 1.26 bits per heavy atom. The van der Waals surface area contributed by atoms with E-state index in [1.165, 1.54) is 0 Å². The van der Waals surface area contributed by atoms with Gasteiger partial charge in [0.2, 0.25) is 0 Å². The van der Waals surface area contributed by atoms with Crippen LogP contribution < -0.4 is 14.8 Å². The van der Waals surface area contributed by atoms with Crippen molar-refractivity contribution in [3.8, 4) is 11.5 Å². The quantitative estimate of drug-likeness (QED) is 0.728. The lowest BCUT2D eigenvalue weighted by molar-refractivity contribution is 0.286. The van der Waals surface area contributed by atoms with Crippen LogP contribution in [-0.2, 0) is 0 Å². The summed E-state index contributed by atoms with van der Waals surface area (Å²) >= 11 is 0. The molecular weight excluding hydrogens is 238 g/mol. The molecule has 0 saturated heterocycles. The zero-order valence-electron chi connectivity index (χ0n) is 12.4. The van der Waals surface area contributed by atoms with Crippen molar-refractivity contribution in [1.29, 1.82) is 0 Å². The molecule has 0 unspecified atom stereocenters. The molecule has 0 aliphatic heterocycles. The van der Waals surface area contributed by atoms with Gasteiger partial charge in [-0.05, 0) is 37.6 Å². The second-order valence-electron chi connectivity index (χ2n) is 4.72. The first kappa shape index (κ1) is 15.6. The number of methoxy groups -OCH3 is 1. The Balaban J connectivity index is 2.49. The highest BCUT2D eigenvalue weighted by molar-refractivity contribution is 5.55. The van der Waals surface area contributed by atoms with Crippen LogP contribution in [0.25, 0.3) is 6.08 Å². The van der Waals surface area contributed by atoms with Gasteiger partial charge in [-0.3, -0.25) is 0 Å². The number of benzene rings is 1. The second kappa shape index (κ2) is 8.59. The molecule has 106 valence electrons. The van der Waals surface area contributed by atoms with Crippen LogP contribution in [0, 0.1) is 0 Å². The van der Waals surface area contributed by atoms with Gasteiger partial charge >= 0.3 is 0 Å². The van der Waals surface area contributed by atoms with E-state index in [9.17, 15) is 0 Å². The molecule has 0 radical (unpaired) electrons. The molecule has 0 heterocycles. The van der Waals surface area contributed by atoms with Crippen molar-refractivity contribution in [2.24, 2.45) is 0 Å². The third-order valence-electron chi connectivity index (χ3n) is 2.68. The topological polar surface area (TPSA) is 30.5 Å². The maximum absolute atomic E-state index is 5.75. The van der Waals surface area contributed by atoms with Crippen LogP contribution in [0.15, 0.2) is 24.3 Å². The molecule has 0 amide bonds. The van der Waals surface area contributed by atoms with Crippen molar-refractivity contribution in [1.82, 2.24) is 5.32 Å². The number of allylic oxidation sites excluding steroid dienone is 1. The van der Waals surface area contributed by atoms with Crippen LogP contribution in [0.4, 0.5) is 0 Å². The monoisotopic (exact) mass is 263 g/mol. The van der Waals surface area contributed by atoms with Gasteiger partial charge in [0, 0.05) is 6.04 Å². The van der Waals surface area contributed by atoms with E-state index in [4.69, 9.17) is 9.47 Å². The first-order valence-corrected chi connectivity index (χ1v) is 6.84. The van der Waals surface area contributed by atoms with Gasteiger partial charge in [0.15, 0.2) is 11.5 Å². The summed E-state index contributed by atoms with van der Waals surface area (Å²) in [7, 11) is 1.67. The summed E-state index contributed by atoms with van der Waals surface area (Å²) in [5, 5.41) is 3.37. The summed E-state index contributed by atoms with van der Waals surface area (Å²) in [4.78, 5) is 0. The molecule has 1 N–H and O–H groups in total. The normalized spacial score (nSPS) is 11.2. The van der Waals surface area contributed by atoms with E-state index in [2.05, 4.69) is 19.2 Å². The lowest BCUT2D eigenvalue weighted by Crippen LogP contribution is -2.24. The van der Waals surface area contributed by atoms with E-state index in [1.807, 2.05) is 37.3 Å². The molecule has 0 bridgehead atoms. The molecule has 0 aromatic heterocycles. The average Bonchev–Trinajstić information content (AvgIpc) is 2.39. The van der Waals surface area contributed by atoms with Gasteiger partial charge in [0.05, 0.1) is 13.7 Å². The summed E-state index contributed by atoms with van der Waals surface area (Å²) in [5.41, 5.74) is 1.12. The number of nitrogens with one attached hydrogen (secondary N) is 1. The van der Waals surface area contributed by atoms with Crippen molar-refractivity contribution in [2.75, 3.05) is 20.3 Å². The lowest BCUT2D eigenvalue weighted by Gasteiger charge is -2.12. The van der Waals surface area contributed by atoms with Gasteiger partial charge in [-0.2, -0.15) is 0 Å². The Morgan fingerprint density at radius 2 is 2.05 bits per heavy atom. The Kier molecular flexibility index (Phi) is 7.04.